The van der Waals surface area contributed by atoms with Gasteiger partial charge < -0.3 is 9.57 Å². The molecule has 0 N–H and O–H groups in total. The average Bonchev–Trinajstić information content (AvgIpc) is 2.04. The first-order valence-corrected chi connectivity index (χ1v) is 2.98. The molecule has 0 aromatic rings. The van der Waals surface area contributed by atoms with Crippen molar-refractivity contribution in [3.63, 3.8) is 0 Å². The van der Waals surface area contributed by atoms with Crippen molar-refractivity contribution >= 4 is 17.5 Å². The van der Waals surface area contributed by atoms with Crippen LogP contribution in [0.5, 0.6) is 0 Å². The molecule has 0 rings (SSSR count). The van der Waals surface area contributed by atoms with Crippen LogP contribution in [0.4, 0.5) is 4.39 Å². The molecule has 0 aromatic heterocycles. The Bertz CT molecular complexity index is 214. The number of alkyl halides is 1. The summed E-state index contributed by atoms with van der Waals surface area (Å²) < 4.78 is 15.6. The molecule has 0 spiro atoms. The van der Waals surface area contributed by atoms with Gasteiger partial charge in [0.15, 0.2) is 5.78 Å². The smallest absolute Gasteiger partial charge is 0.363 e. The molecule has 6 heteroatoms. The summed E-state index contributed by atoms with van der Waals surface area (Å²) in [4.78, 5) is 25.2. The van der Waals surface area contributed by atoms with Gasteiger partial charge in [-0.2, -0.15) is 0 Å². The highest BCUT2D eigenvalue weighted by Crippen LogP contribution is 1.88. The lowest BCUT2D eigenvalue weighted by Gasteiger charge is -1.98. The molecule has 0 atom stereocenters. The molecule has 68 valence electrons. The van der Waals surface area contributed by atoms with E-state index in [4.69, 9.17) is 0 Å². The zero-order chi connectivity index (χ0) is 9.56. The maximum Gasteiger partial charge on any atom is 0.363 e. The van der Waals surface area contributed by atoms with Crippen LogP contribution < -0.4 is 0 Å². The summed E-state index contributed by atoms with van der Waals surface area (Å²) in [5, 5.41) is 2.93. The number of hydrogen-bond donors (Lipinski definition) is 0. The Balaban J connectivity index is 4.43. The van der Waals surface area contributed by atoms with Crippen LogP contribution in [0.15, 0.2) is 5.16 Å². The average molecular weight is 177 g/mol. The summed E-state index contributed by atoms with van der Waals surface area (Å²) in [6.07, 6.45) is 0. The highest BCUT2D eigenvalue weighted by atomic mass is 19.1. The van der Waals surface area contributed by atoms with Gasteiger partial charge in [-0.15, -0.1) is 0 Å². The number of carbonyl (C=O) groups is 2. The van der Waals surface area contributed by atoms with E-state index in [1.807, 2.05) is 0 Å². The van der Waals surface area contributed by atoms with Gasteiger partial charge in [-0.05, 0) is 0 Å². The number of methoxy groups -OCH3 is 1. The Kier molecular flexibility index (Phi) is 4.59. The summed E-state index contributed by atoms with van der Waals surface area (Å²) in [6.45, 7) is -0.106. The van der Waals surface area contributed by atoms with Crippen molar-refractivity contribution < 1.29 is 23.6 Å². The molecule has 0 aromatic carbocycles. The molecule has 0 heterocycles. The van der Waals surface area contributed by atoms with Crippen LogP contribution in [-0.2, 0) is 19.2 Å². The second kappa shape index (κ2) is 5.22. The molecular formula is C6H8FNO4. The fourth-order valence-electron chi connectivity index (χ4n) is 0.431. The minimum Gasteiger partial charge on any atom is -0.464 e. The number of halogens is 1. The van der Waals surface area contributed by atoms with Crippen molar-refractivity contribution in [2.75, 3.05) is 14.0 Å². The van der Waals surface area contributed by atoms with Gasteiger partial charge in [0.05, 0.1) is 7.11 Å². The second-order valence-corrected chi connectivity index (χ2v) is 1.73. The van der Waals surface area contributed by atoms with Crippen LogP contribution in [0.25, 0.3) is 0 Å². The second-order valence-electron chi connectivity index (χ2n) is 1.73. The van der Waals surface area contributed by atoms with E-state index in [0.717, 1.165) is 14.0 Å². The Morgan fingerprint density at radius 2 is 2.08 bits per heavy atom. The van der Waals surface area contributed by atoms with Crippen molar-refractivity contribution in [2.24, 2.45) is 5.16 Å². The van der Waals surface area contributed by atoms with Crippen LogP contribution in [0, 0.1) is 0 Å². The van der Waals surface area contributed by atoms with Gasteiger partial charge in [-0.3, -0.25) is 4.79 Å². The van der Waals surface area contributed by atoms with Gasteiger partial charge in [0.25, 0.3) is 6.86 Å². The number of oxime groups is 1. The number of ketones is 1. The lowest BCUT2D eigenvalue weighted by atomic mass is 10.3. The largest absolute Gasteiger partial charge is 0.464 e. The monoisotopic (exact) mass is 177 g/mol. The predicted octanol–water partition coefficient (Wildman–Crippen LogP) is 0.0480. The minimum absolute atomic E-state index is 0.560. The van der Waals surface area contributed by atoms with E-state index < -0.39 is 24.3 Å². The SMILES string of the molecule is COC(=O)C(=NOCF)C(C)=O. The number of esters is 1. The quantitative estimate of drug-likeness (QED) is 0.263. The van der Waals surface area contributed by atoms with E-state index in [0.29, 0.717) is 0 Å². The lowest BCUT2D eigenvalue weighted by Crippen LogP contribution is -2.23. The number of ether oxygens (including phenoxy) is 1. The summed E-state index contributed by atoms with van der Waals surface area (Å²) in [7, 11) is 1.08. The zero-order valence-corrected chi connectivity index (χ0v) is 6.67. The fourth-order valence-corrected chi connectivity index (χ4v) is 0.431. The van der Waals surface area contributed by atoms with Gasteiger partial charge >= 0.3 is 5.97 Å². The van der Waals surface area contributed by atoms with Crippen LogP contribution >= 0.6 is 0 Å². The molecule has 0 unspecified atom stereocenters. The van der Waals surface area contributed by atoms with Gasteiger partial charge in [0.1, 0.15) is 0 Å². The Labute approximate surface area is 68.1 Å². The maximum absolute atomic E-state index is 11.4. The molecule has 5 nitrogen and oxygen atoms in total. The number of carbonyl (C=O) groups excluding carboxylic acids is 2. The van der Waals surface area contributed by atoms with Crippen molar-refractivity contribution in [1.29, 1.82) is 0 Å². The molecule has 0 saturated carbocycles. The topological polar surface area (TPSA) is 65.0 Å². The summed E-state index contributed by atoms with van der Waals surface area (Å²) in [5.41, 5.74) is -0.560. The van der Waals surface area contributed by atoms with Crippen molar-refractivity contribution in [1.82, 2.24) is 0 Å². The standard InChI is InChI=1S/C6H8FNO4/c1-4(9)5(6(10)11-2)8-12-3-7/h3H2,1-2H3. The summed E-state index contributed by atoms with van der Waals surface area (Å²) in [6, 6.07) is 0. The lowest BCUT2D eigenvalue weighted by molar-refractivity contribution is -0.133. The number of Topliss-reactive ketones (excluding diaryl/α,β-unsaturated/α-hetero) is 1. The third-order valence-electron chi connectivity index (χ3n) is 0.917. The first kappa shape index (κ1) is 10.5. The van der Waals surface area contributed by atoms with Gasteiger partial charge in [-0.25, -0.2) is 9.18 Å². The Hall–Kier alpha value is -1.46. The molecule has 0 fully saturated rings. The maximum atomic E-state index is 11.4. The number of hydrogen-bond acceptors (Lipinski definition) is 5. The third-order valence-corrected chi connectivity index (χ3v) is 0.917. The third kappa shape index (κ3) is 3.09. The van der Waals surface area contributed by atoms with Gasteiger partial charge in [0, 0.05) is 6.92 Å². The molecular weight excluding hydrogens is 169 g/mol. The van der Waals surface area contributed by atoms with Crippen molar-refractivity contribution in [3.8, 4) is 0 Å². The molecule has 0 aliphatic heterocycles. The van der Waals surface area contributed by atoms with E-state index in [1.165, 1.54) is 0 Å². The van der Waals surface area contributed by atoms with Crippen LogP contribution in [0.1, 0.15) is 6.92 Å². The Morgan fingerprint density at radius 3 is 2.42 bits per heavy atom. The molecule has 0 aliphatic rings. The zero-order valence-electron chi connectivity index (χ0n) is 6.67. The first-order chi connectivity index (χ1) is 5.63. The molecule has 0 amide bonds. The van der Waals surface area contributed by atoms with Crippen LogP contribution in [0.3, 0.4) is 0 Å². The normalized spacial score (nSPS) is 10.8. The van der Waals surface area contributed by atoms with E-state index in [1.54, 1.807) is 0 Å². The van der Waals surface area contributed by atoms with Gasteiger partial charge in [0.2, 0.25) is 5.71 Å². The van der Waals surface area contributed by atoms with Crippen molar-refractivity contribution in [2.45, 2.75) is 6.92 Å². The summed E-state index contributed by atoms with van der Waals surface area (Å²) >= 11 is 0. The van der Waals surface area contributed by atoms with E-state index in [-0.39, 0.29) is 0 Å². The minimum atomic E-state index is -1.20. The van der Waals surface area contributed by atoms with Crippen molar-refractivity contribution in [3.05, 3.63) is 0 Å². The number of rotatable bonds is 4. The molecule has 0 aliphatic carbocycles. The number of nitrogens with zero attached hydrogens (tertiary/aromatic N) is 1. The first-order valence-electron chi connectivity index (χ1n) is 2.98. The Morgan fingerprint density at radius 1 is 1.50 bits per heavy atom. The molecule has 0 radical (unpaired) electrons. The highest BCUT2D eigenvalue weighted by Gasteiger charge is 2.17. The summed E-state index contributed by atoms with van der Waals surface area (Å²) in [5.74, 6) is -1.59. The van der Waals surface area contributed by atoms with E-state index >= 15 is 0 Å². The molecule has 0 saturated heterocycles. The molecule has 0 bridgehead atoms. The predicted molar refractivity (Wildman–Crippen MR) is 37.2 cm³/mol. The van der Waals surface area contributed by atoms with Crippen LogP contribution in [-0.4, -0.2) is 31.4 Å². The fraction of sp³-hybridized carbons (Fsp3) is 0.500. The molecule has 12 heavy (non-hydrogen) atoms. The van der Waals surface area contributed by atoms with Gasteiger partial charge in [-0.1, -0.05) is 5.16 Å². The van der Waals surface area contributed by atoms with Crippen LogP contribution in [0.2, 0.25) is 0 Å². The van der Waals surface area contributed by atoms with E-state index in [2.05, 4.69) is 14.7 Å². The van der Waals surface area contributed by atoms with E-state index in [9.17, 15) is 14.0 Å². The highest BCUT2D eigenvalue weighted by molar-refractivity contribution is 6.63.